The number of nitrogens with one attached hydrogen (secondary N) is 2. The molecular formula is C17H24N5O2+. The van der Waals surface area contributed by atoms with Gasteiger partial charge in [0.2, 0.25) is 0 Å². The van der Waals surface area contributed by atoms with E-state index in [1.165, 1.54) is 0 Å². The van der Waals surface area contributed by atoms with Gasteiger partial charge in [-0.15, -0.1) is 0 Å². The van der Waals surface area contributed by atoms with Crippen LogP contribution < -0.4 is 25.5 Å². The van der Waals surface area contributed by atoms with Crippen molar-refractivity contribution in [2.75, 3.05) is 26.1 Å². The van der Waals surface area contributed by atoms with Crippen molar-refractivity contribution >= 4 is 11.9 Å². The van der Waals surface area contributed by atoms with Crippen molar-refractivity contribution in [2.24, 2.45) is 5.73 Å². The molecule has 7 nitrogen and oxygen atoms in total. The van der Waals surface area contributed by atoms with E-state index in [0.29, 0.717) is 30.0 Å². The van der Waals surface area contributed by atoms with Crippen LogP contribution in [0.15, 0.2) is 24.3 Å². The summed E-state index contributed by atoms with van der Waals surface area (Å²) in [6.07, 6.45) is 0.788. The van der Waals surface area contributed by atoms with Crippen molar-refractivity contribution in [1.29, 1.82) is 0 Å². The molecular weight excluding hydrogens is 306 g/mol. The number of methoxy groups -OCH3 is 2. The molecule has 0 spiro atoms. The van der Waals surface area contributed by atoms with E-state index in [1.54, 1.807) is 14.2 Å². The van der Waals surface area contributed by atoms with E-state index >= 15 is 0 Å². The van der Waals surface area contributed by atoms with E-state index in [2.05, 4.69) is 20.3 Å². The smallest absolute Gasteiger partial charge is 0.348 e. The predicted octanol–water partition coefficient (Wildman–Crippen LogP) is 0.161. The number of ether oxygens (including phenoxy) is 2. The van der Waals surface area contributed by atoms with Crippen LogP contribution in [0.2, 0.25) is 0 Å². The Morgan fingerprint density at radius 1 is 1.08 bits per heavy atom. The zero-order chi connectivity index (χ0) is 17.5. The first-order valence-electron chi connectivity index (χ1n) is 7.68. The second-order valence-electron chi connectivity index (χ2n) is 5.38. The molecule has 1 heterocycles. The van der Waals surface area contributed by atoms with E-state index in [0.717, 1.165) is 23.4 Å². The Hall–Kier alpha value is -2.83. The highest BCUT2D eigenvalue weighted by atomic mass is 16.5. The van der Waals surface area contributed by atoms with E-state index < -0.39 is 0 Å². The largest absolute Gasteiger partial charge is 0.493 e. The van der Waals surface area contributed by atoms with Crippen molar-refractivity contribution in [3.8, 4) is 11.5 Å². The normalized spacial score (nSPS) is 11.2. The lowest BCUT2D eigenvalue weighted by molar-refractivity contribution is -0.457. The van der Waals surface area contributed by atoms with Crippen molar-refractivity contribution < 1.29 is 14.5 Å². The van der Waals surface area contributed by atoms with E-state index in [-0.39, 0.29) is 0 Å². The monoisotopic (exact) mass is 330 g/mol. The summed E-state index contributed by atoms with van der Waals surface area (Å²) in [6.45, 7) is 4.50. The van der Waals surface area contributed by atoms with Gasteiger partial charge in [-0.1, -0.05) is 6.07 Å². The van der Waals surface area contributed by atoms with Gasteiger partial charge < -0.3 is 9.47 Å². The van der Waals surface area contributed by atoms with Crippen LogP contribution in [0.5, 0.6) is 11.5 Å². The van der Waals surface area contributed by atoms with Crippen LogP contribution in [0.25, 0.3) is 0 Å². The Morgan fingerprint density at radius 2 is 1.75 bits per heavy atom. The molecule has 0 radical (unpaired) electrons. The maximum atomic E-state index is 5.94. The summed E-state index contributed by atoms with van der Waals surface area (Å²) < 4.78 is 10.5. The standard InChI is InChI=1S/C17H23N5O2/c1-11-9-12(2)21-17(20-11)22-16(18)19-8-7-13-5-6-14(23-3)15(10-13)24-4/h5-6,9-10H,7-8H2,1-4H3,(H3,18,19,20,21,22)/p+1. The lowest BCUT2D eigenvalue weighted by atomic mass is 10.1. The average Bonchev–Trinajstić information content (AvgIpc) is 2.53. The van der Waals surface area contributed by atoms with Gasteiger partial charge in [0.05, 0.1) is 20.8 Å². The van der Waals surface area contributed by atoms with Gasteiger partial charge in [0.15, 0.2) is 11.5 Å². The minimum Gasteiger partial charge on any atom is -0.493 e. The summed E-state index contributed by atoms with van der Waals surface area (Å²) in [5, 5.41) is 2.97. The SMILES string of the molecule is COc1ccc(CC[NH+]=C(N)Nc2nc(C)cc(C)n2)cc1OC. The Balaban J connectivity index is 1.95. The second-order valence-corrected chi connectivity index (χ2v) is 5.38. The number of hydrogen-bond donors (Lipinski definition) is 3. The number of hydrogen-bond acceptors (Lipinski definition) is 4. The number of rotatable bonds is 6. The van der Waals surface area contributed by atoms with E-state index in [1.807, 2.05) is 38.1 Å². The maximum Gasteiger partial charge on any atom is 0.348 e. The number of guanidine groups is 1. The zero-order valence-corrected chi connectivity index (χ0v) is 14.5. The lowest BCUT2D eigenvalue weighted by Crippen LogP contribution is -2.77. The fourth-order valence-electron chi connectivity index (χ4n) is 2.32. The highest BCUT2D eigenvalue weighted by Crippen LogP contribution is 2.27. The first-order chi connectivity index (χ1) is 11.5. The molecule has 0 atom stereocenters. The molecule has 0 saturated carbocycles. The van der Waals surface area contributed by atoms with Gasteiger partial charge in [-0.3, -0.25) is 10.7 Å². The van der Waals surface area contributed by atoms with Gasteiger partial charge in [-0.05, 0) is 37.6 Å². The zero-order valence-electron chi connectivity index (χ0n) is 14.5. The Kier molecular flexibility index (Phi) is 5.95. The van der Waals surface area contributed by atoms with Gasteiger partial charge >= 0.3 is 5.96 Å². The van der Waals surface area contributed by atoms with Crippen LogP contribution in [-0.4, -0.2) is 36.7 Å². The molecule has 1 aromatic heterocycles. The molecule has 0 bridgehead atoms. The third kappa shape index (κ3) is 4.84. The number of anilines is 1. The Bertz CT molecular complexity index is 711. The molecule has 0 aliphatic rings. The first-order valence-corrected chi connectivity index (χ1v) is 7.68. The minimum atomic E-state index is 0.417. The summed E-state index contributed by atoms with van der Waals surface area (Å²) in [7, 11) is 3.24. The third-order valence-corrected chi connectivity index (χ3v) is 3.41. The van der Waals surface area contributed by atoms with Crippen LogP contribution in [0.4, 0.5) is 5.95 Å². The molecule has 0 saturated heterocycles. The molecule has 2 aromatic rings. The first kappa shape index (κ1) is 17.5. The molecule has 0 fully saturated rings. The van der Waals surface area contributed by atoms with Gasteiger partial charge in [-0.2, -0.15) is 0 Å². The molecule has 0 unspecified atom stereocenters. The Morgan fingerprint density at radius 3 is 2.38 bits per heavy atom. The van der Waals surface area contributed by atoms with Crippen molar-refractivity contribution in [1.82, 2.24) is 9.97 Å². The maximum absolute atomic E-state index is 5.94. The van der Waals surface area contributed by atoms with Crippen LogP contribution in [-0.2, 0) is 6.42 Å². The van der Waals surface area contributed by atoms with Gasteiger partial charge in [0.1, 0.15) is 0 Å². The van der Waals surface area contributed by atoms with Crippen molar-refractivity contribution in [3.63, 3.8) is 0 Å². The molecule has 1 aromatic carbocycles. The molecule has 0 aliphatic carbocycles. The topological polar surface area (TPSA) is 96.3 Å². The molecule has 2 rings (SSSR count). The van der Waals surface area contributed by atoms with Gasteiger partial charge in [0.25, 0.3) is 5.95 Å². The highest BCUT2D eigenvalue weighted by Gasteiger charge is 2.07. The second kappa shape index (κ2) is 8.14. The number of benzene rings is 1. The van der Waals surface area contributed by atoms with Crippen LogP contribution in [0.3, 0.4) is 0 Å². The fraction of sp³-hybridized carbons (Fsp3) is 0.353. The molecule has 0 amide bonds. The average molecular weight is 330 g/mol. The summed E-state index contributed by atoms with van der Waals surface area (Å²) in [5.41, 5.74) is 8.85. The predicted molar refractivity (Wildman–Crippen MR) is 93.4 cm³/mol. The number of nitrogens with zero attached hydrogens (tertiary/aromatic N) is 2. The summed E-state index contributed by atoms with van der Waals surface area (Å²) in [5.74, 6) is 2.34. The highest BCUT2D eigenvalue weighted by molar-refractivity contribution is 5.85. The van der Waals surface area contributed by atoms with Crippen LogP contribution in [0.1, 0.15) is 17.0 Å². The summed E-state index contributed by atoms with van der Waals surface area (Å²) in [6, 6.07) is 7.76. The summed E-state index contributed by atoms with van der Waals surface area (Å²) in [4.78, 5) is 11.7. The summed E-state index contributed by atoms with van der Waals surface area (Å²) >= 11 is 0. The van der Waals surface area contributed by atoms with Crippen molar-refractivity contribution in [2.45, 2.75) is 20.3 Å². The Labute approximate surface area is 141 Å². The van der Waals surface area contributed by atoms with Gasteiger partial charge in [-0.25, -0.2) is 15.3 Å². The number of aryl methyl sites for hydroxylation is 2. The van der Waals surface area contributed by atoms with Gasteiger partial charge in [0, 0.05) is 17.8 Å². The number of aromatic nitrogens is 2. The molecule has 0 aliphatic heterocycles. The lowest BCUT2D eigenvalue weighted by Gasteiger charge is -2.08. The van der Waals surface area contributed by atoms with E-state index in [4.69, 9.17) is 15.2 Å². The fourth-order valence-corrected chi connectivity index (χ4v) is 2.32. The van der Waals surface area contributed by atoms with Crippen LogP contribution >= 0.6 is 0 Å². The minimum absolute atomic E-state index is 0.417. The number of nitrogens with two attached hydrogens (primary N) is 1. The van der Waals surface area contributed by atoms with E-state index in [9.17, 15) is 0 Å². The third-order valence-electron chi connectivity index (χ3n) is 3.41. The quantitative estimate of drug-likeness (QED) is 0.516. The van der Waals surface area contributed by atoms with Crippen LogP contribution in [0, 0.1) is 13.8 Å². The molecule has 128 valence electrons. The molecule has 4 N–H and O–H groups in total. The van der Waals surface area contributed by atoms with Crippen molar-refractivity contribution in [3.05, 3.63) is 41.2 Å². The molecule has 7 heteroatoms. The molecule has 24 heavy (non-hydrogen) atoms.